The van der Waals surface area contributed by atoms with Crippen molar-refractivity contribution in [3.63, 3.8) is 0 Å². The fourth-order valence-corrected chi connectivity index (χ4v) is 5.71. The van der Waals surface area contributed by atoms with Crippen molar-refractivity contribution in [1.29, 1.82) is 0 Å². The second kappa shape index (κ2) is 7.86. The van der Waals surface area contributed by atoms with E-state index in [4.69, 9.17) is 37.4 Å². The molecule has 0 saturated heterocycles. The van der Waals surface area contributed by atoms with Crippen LogP contribution >= 0.6 is 31.5 Å². The van der Waals surface area contributed by atoms with Crippen LogP contribution in [-0.2, 0) is 43.8 Å². The van der Waals surface area contributed by atoms with Gasteiger partial charge in [-0.25, -0.2) is 9.78 Å². The van der Waals surface area contributed by atoms with Gasteiger partial charge in [0.25, 0.3) is 5.56 Å². The number of pyridine rings is 2. The van der Waals surface area contributed by atoms with E-state index in [1.54, 1.807) is 29.7 Å². The molecule has 33 heavy (non-hydrogen) atoms. The van der Waals surface area contributed by atoms with Gasteiger partial charge in [0.15, 0.2) is 0 Å². The fraction of sp³-hybridized carbons (Fsp3) is 0.318. The number of nitrogens with zero attached hydrogens (tertiary/aromatic N) is 2. The Bertz CT molecular complexity index is 1450. The maximum absolute atomic E-state index is 13.5. The van der Waals surface area contributed by atoms with Gasteiger partial charge in [-0.15, -0.1) is 4.52 Å². The molecule has 1 aromatic carbocycles. The van der Waals surface area contributed by atoms with E-state index in [1.807, 2.05) is 6.92 Å². The molecule has 2 aliphatic heterocycles. The second-order valence-electron chi connectivity index (χ2n) is 7.94. The molecule has 8 nitrogen and oxygen atoms in total. The SMILES string of the molecule is CCc1c2c(nc3cc(Cl)c(Cl)cc13)-c1cc3c(c(=O)n1C2)COC(=O)[C@@]3(CC)O[P+](=O)[O-]. The van der Waals surface area contributed by atoms with Crippen molar-refractivity contribution in [2.24, 2.45) is 0 Å². The van der Waals surface area contributed by atoms with E-state index in [1.165, 1.54) is 0 Å². The Morgan fingerprint density at radius 3 is 2.61 bits per heavy atom. The van der Waals surface area contributed by atoms with Crippen LogP contribution in [0.15, 0.2) is 23.0 Å². The molecular weight excluding hydrogens is 490 g/mol. The summed E-state index contributed by atoms with van der Waals surface area (Å²) in [6.07, 6.45) is 0.638. The average Bonchev–Trinajstić information content (AvgIpc) is 3.13. The predicted molar refractivity (Wildman–Crippen MR) is 120 cm³/mol. The van der Waals surface area contributed by atoms with E-state index in [-0.39, 0.29) is 36.3 Å². The van der Waals surface area contributed by atoms with Crippen LogP contribution in [0.25, 0.3) is 22.3 Å². The highest BCUT2D eigenvalue weighted by molar-refractivity contribution is 7.30. The molecule has 1 unspecified atom stereocenters. The van der Waals surface area contributed by atoms with Crippen LogP contribution in [-0.4, -0.2) is 15.5 Å². The van der Waals surface area contributed by atoms with Crippen LogP contribution in [0.5, 0.6) is 0 Å². The maximum Gasteiger partial charge on any atom is 0.490 e. The number of aromatic nitrogens is 2. The van der Waals surface area contributed by atoms with Crippen LogP contribution in [0.1, 0.15) is 42.5 Å². The molecule has 3 aromatic rings. The minimum atomic E-state index is -3.39. The summed E-state index contributed by atoms with van der Waals surface area (Å²) in [5, 5.41) is 1.63. The van der Waals surface area contributed by atoms with Gasteiger partial charge in [0.2, 0.25) is 5.60 Å². The third-order valence-electron chi connectivity index (χ3n) is 6.40. The Hall–Kier alpha value is -2.35. The second-order valence-corrected chi connectivity index (χ2v) is 9.38. The summed E-state index contributed by atoms with van der Waals surface area (Å²) >= 11 is 12.5. The first-order chi connectivity index (χ1) is 15.7. The molecule has 2 aliphatic rings. The molecule has 0 saturated carbocycles. The van der Waals surface area contributed by atoms with Crippen molar-refractivity contribution in [2.75, 3.05) is 0 Å². The topological polar surface area (TPSA) is 111 Å². The van der Waals surface area contributed by atoms with Gasteiger partial charge in [-0.2, -0.15) is 0 Å². The lowest BCUT2D eigenvalue weighted by molar-refractivity contribution is -0.207. The van der Waals surface area contributed by atoms with Gasteiger partial charge in [0, 0.05) is 16.5 Å². The zero-order chi connectivity index (χ0) is 23.7. The van der Waals surface area contributed by atoms with Crippen molar-refractivity contribution in [3.8, 4) is 11.4 Å². The minimum absolute atomic E-state index is 0.0304. The fourth-order valence-electron chi connectivity index (χ4n) is 4.83. The summed E-state index contributed by atoms with van der Waals surface area (Å²) in [5.41, 5.74) is 1.63. The highest BCUT2D eigenvalue weighted by atomic mass is 35.5. The minimum Gasteiger partial charge on any atom is -0.566 e. The van der Waals surface area contributed by atoms with Crippen molar-refractivity contribution in [3.05, 3.63) is 60.9 Å². The number of ether oxygens (including phenoxy) is 1. The van der Waals surface area contributed by atoms with Gasteiger partial charge in [-0.05, 0) is 41.2 Å². The van der Waals surface area contributed by atoms with E-state index < -0.39 is 19.8 Å². The van der Waals surface area contributed by atoms with Gasteiger partial charge in [0.1, 0.15) is 6.61 Å². The third kappa shape index (κ3) is 3.16. The van der Waals surface area contributed by atoms with Crippen LogP contribution in [0, 0.1) is 0 Å². The van der Waals surface area contributed by atoms with E-state index in [0.29, 0.717) is 33.4 Å². The molecule has 2 aromatic heterocycles. The molecule has 0 radical (unpaired) electrons. The van der Waals surface area contributed by atoms with Crippen LogP contribution in [0.3, 0.4) is 0 Å². The summed E-state index contributed by atoms with van der Waals surface area (Å²) in [6.45, 7) is 3.63. The number of hydrogen-bond acceptors (Lipinski definition) is 7. The molecule has 4 heterocycles. The predicted octanol–water partition coefficient (Wildman–Crippen LogP) is 3.99. The van der Waals surface area contributed by atoms with Crippen LogP contribution < -0.4 is 10.5 Å². The first-order valence-corrected chi connectivity index (χ1v) is 12.2. The molecule has 2 atom stereocenters. The highest BCUT2D eigenvalue weighted by Gasteiger charge is 2.52. The van der Waals surface area contributed by atoms with Crippen molar-refractivity contribution >= 4 is 48.3 Å². The van der Waals surface area contributed by atoms with Crippen LogP contribution in [0.4, 0.5) is 0 Å². The first kappa shape index (κ1) is 22.4. The van der Waals surface area contributed by atoms with Crippen molar-refractivity contribution < 1.29 is 23.5 Å². The Morgan fingerprint density at radius 2 is 1.94 bits per heavy atom. The average molecular weight is 507 g/mol. The molecule has 0 N–H and O–H groups in total. The molecule has 0 fully saturated rings. The molecule has 0 spiro atoms. The van der Waals surface area contributed by atoms with Gasteiger partial charge in [-0.1, -0.05) is 37.0 Å². The summed E-state index contributed by atoms with van der Waals surface area (Å²) in [7, 11) is -3.39. The van der Waals surface area contributed by atoms with Gasteiger partial charge >= 0.3 is 14.2 Å². The zero-order valence-electron chi connectivity index (χ0n) is 17.6. The van der Waals surface area contributed by atoms with E-state index in [0.717, 1.165) is 16.5 Å². The molecule has 0 aliphatic carbocycles. The molecular formula is C22H17Cl2N2O6P. The third-order valence-corrected chi connectivity index (χ3v) is 7.58. The summed E-state index contributed by atoms with van der Waals surface area (Å²) in [5.74, 6) is -0.846. The molecule has 170 valence electrons. The largest absolute Gasteiger partial charge is 0.566 e. The quantitative estimate of drug-likeness (QED) is 0.304. The Balaban J connectivity index is 1.83. The normalized spacial score (nSPS) is 19.2. The number of cyclic esters (lactones) is 1. The number of carbonyl (C=O) groups is 1. The number of fused-ring (bicyclic) bond motifs is 5. The first-order valence-electron chi connectivity index (χ1n) is 10.3. The standard InChI is InChI=1S/C22H17Cl2N2O6P/c1-3-10-11-5-15(23)16(24)7-17(11)25-19-12(10)8-26-18(19)6-14-13(20(26)27)9-31-21(28)22(14,4-2)32-33(29)30/h5-7H,3-4,8-9H2,1-2H3/t22-/m0/s1. The van der Waals surface area contributed by atoms with Crippen LogP contribution in [0.2, 0.25) is 10.0 Å². The van der Waals surface area contributed by atoms with Gasteiger partial charge in [0.05, 0.1) is 39.1 Å². The lowest BCUT2D eigenvalue weighted by Gasteiger charge is -2.31. The van der Waals surface area contributed by atoms with Crippen molar-refractivity contribution in [2.45, 2.75) is 45.4 Å². The Morgan fingerprint density at radius 1 is 1.21 bits per heavy atom. The molecule has 0 bridgehead atoms. The smallest absolute Gasteiger partial charge is 0.490 e. The summed E-state index contributed by atoms with van der Waals surface area (Å²) in [6, 6.07) is 5.08. The number of benzene rings is 1. The lowest BCUT2D eigenvalue weighted by Crippen LogP contribution is -2.45. The number of hydrogen-bond donors (Lipinski definition) is 0. The Kier molecular flexibility index (Phi) is 5.34. The summed E-state index contributed by atoms with van der Waals surface area (Å²) < 4.78 is 23.3. The highest BCUT2D eigenvalue weighted by Crippen LogP contribution is 2.44. The molecule has 5 rings (SSSR count). The number of esters is 1. The van der Waals surface area contributed by atoms with Gasteiger partial charge in [-0.3, -0.25) is 4.79 Å². The lowest BCUT2D eigenvalue weighted by atomic mass is 9.86. The zero-order valence-corrected chi connectivity index (χ0v) is 20.0. The number of halogens is 2. The Labute approximate surface area is 199 Å². The van der Waals surface area contributed by atoms with Gasteiger partial charge < -0.3 is 14.2 Å². The monoisotopic (exact) mass is 506 g/mol. The number of carbonyl (C=O) groups excluding carboxylic acids is 1. The van der Waals surface area contributed by atoms with E-state index >= 15 is 0 Å². The van der Waals surface area contributed by atoms with Crippen molar-refractivity contribution in [1.82, 2.24) is 9.55 Å². The van der Waals surface area contributed by atoms with E-state index in [9.17, 15) is 19.0 Å². The summed E-state index contributed by atoms with van der Waals surface area (Å²) in [4.78, 5) is 42.4. The van der Waals surface area contributed by atoms with E-state index in [2.05, 4.69) is 0 Å². The molecule has 11 heteroatoms. The maximum atomic E-state index is 13.5. The number of aryl methyl sites for hydroxylation is 1. The number of rotatable bonds is 4. The molecule has 0 amide bonds.